The molecule has 0 N–H and O–H groups in total. The second-order valence-electron chi connectivity index (χ2n) is 14.4. The molecule has 0 saturated heterocycles. The van der Waals surface area contributed by atoms with Crippen molar-refractivity contribution < 1.29 is 0 Å². The molecule has 0 aliphatic heterocycles. The fourth-order valence-corrected chi connectivity index (χ4v) is 8.69. The zero-order valence-electron chi connectivity index (χ0n) is 30.2. The highest BCUT2D eigenvalue weighted by atomic mass is 16.1. The molecule has 11 rings (SSSR count). The van der Waals surface area contributed by atoms with Crippen LogP contribution in [0.1, 0.15) is 0 Å². The Labute approximate surface area is 321 Å². The standard InChI is InChI=1S/C52H32N2O2/c55-51-43-29-35(41-23-11-15-33-13-7-9-21-39(33)41)25-27-47(43)53(37-17-3-1-4-18-37)49-31-46-50(32-45(49)51)54(38-19-5-2-6-20-38)48-28-26-36(30-44(48)52(46)56)42-24-12-16-34-14-8-10-22-40(34)42/h1-32H. The predicted octanol–water partition coefficient (Wildman–Crippen LogP) is 12.2. The highest BCUT2D eigenvalue weighted by Crippen LogP contribution is 2.36. The number of rotatable bonds is 4. The third-order valence-electron chi connectivity index (χ3n) is 11.3. The van der Waals surface area contributed by atoms with Crippen LogP contribution in [0.4, 0.5) is 0 Å². The SMILES string of the molecule is O=c1c2cc(-c3cccc4ccccc34)ccc2n(-c2ccccc2)c2cc3c(=O)c4cc(-c5cccc6ccccc56)ccc4n(-c4ccccc4)c3cc12. The van der Waals surface area contributed by atoms with Crippen LogP contribution in [0, 0.1) is 0 Å². The highest BCUT2D eigenvalue weighted by molar-refractivity contribution is 6.07. The first kappa shape index (κ1) is 31.9. The molecule has 2 heterocycles. The molecule has 0 saturated carbocycles. The van der Waals surface area contributed by atoms with Crippen LogP contribution in [0.25, 0.3) is 98.8 Å². The number of hydrogen-bond donors (Lipinski definition) is 0. The lowest BCUT2D eigenvalue weighted by atomic mass is 9.95. The zero-order chi connectivity index (χ0) is 37.3. The summed E-state index contributed by atoms with van der Waals surface area (Å²) in [5.74, 6) is 0. The summed E-state index contributed by atoms with van der Waals surface area (Å²) >= 11 is 0. The van der Waals surface area contributed by atoms with E-state index in [0.29, 0.717) is 32.6 Å². The number of para-hydroxylation sites is 2. The second-order valence-corrected chi connectivity index (χ2v) is 14.4. The Kier molecular flexibility index (Phi) is 7.13. The van der Waals surface area contributed by atoms with Gasteiger partial charge in [0.05, 0.1) is 22.1 Å². The van der Waals surface area contributed by atoms with Crippen molar-refractivity contribution in [3.8, 4) is 33.6 Å². The average molecular weight is 717 g/mol. The van der Waals surface area contributed by atoms with Crippen molar-refractivity contribution in [2.45, 2.75) is 0 Å². The minimum Gasteiger partial charge on any atom is -0.309 e. The Morgan fingerprint density at radius 2 is 0.661 bits per heavy atom. The van der Waals surface area contributed by atoms with Gasteiger partial charge in [-0.25, -0.2) is 0 Å². The molecule has 0 amide bonds. The fourth-order valence-electron chi connectivity index (χ4n) is 8.69. The van der Waals surface area contributed by atoms with Crippen molar-refractivity contribution in [2.75, 3.05) is 0 Å². The van der Waals surface area contributed by atoms with E-state index in [9.17, 15) is 9.59 Å². The maximum absolute atomic E-state index is 15.0. The maximum atomic E-state index is 15.0. The van der Waals surface area contributed by atoms with Crippen molar-refractivity contribution in [2.24, 2.45) is 0 Å². The number of benzene rings is 9. The van der Waals surface area contributed by atoms with Crippen molar-refractivity contribution >= 4 is 65.2 Å². The van der Waals surface area contributed by atoms with Gasteiger partial charge in [0.1, 0.15) is 0 Å². The summed E-state index contributed by atoms with van der Waals surface area (Å²) in [5, 5.41) is 6.86. The molecule has 262 valence electrons. The van der Waals surface area contributed by atoms with Crippen molar-refractivity contribution in [3.63, 3.8) is 0 Å². The average Bonchev–Trinajstić information content (AvgIpc) is 3.26. The number of hydrogen-bond acceptors (Lipinski definition) is 2. The van der Waals surface area contributed by atoms with Gasteiger partial charge in [0.25, 0.3) is 0 Å². The van der Waals surface area contributed by atoms with E-state index in [1.54, 1.807) is 0 Å². The minimum absolute atomic E-state index is 0.0790. The normalized spacial score (nSPS) is 11.7. The molecule has 2 aromatic heterocycles. The third-order valence-corrected chi connectivity index (χ3v) is 11.3. The van der Waals surface area contributed by atoms with E-state index in [-0.39, 0.29) is 10.9 Å². The molecule has 9 aromatic carbocycles. The third kappa shape index (κ3) is 4.86. The van der Waals surface area contributed by atoms with Crippen LogP contribution in [-0.4, -0.2) is 9.13 Å². The van der Waals surface area contributed by atoms with Crippen LogP contribution in [0.5, 0.6) is 0 Å². The molecule has 0 radical (unpaired) electrons. The summed E-state index contributed by atoms with van der Waals surface area (Å²) < 4.78 is 4.25. The summed E-state index contributed by atoms with van der Waals surface area (Å²) in [4.78, 5) is 29.9. The first-order valence-corrected chi connectivity index (χ1v) is 18.8. The molecule has 11 aromatic rings. The Bertz CT molecular complexity index is 3260. The Hall–Kier alpha value is -7.56. The summed E-state index contributed by atoms with van der Waals surface area (Å²) in [6.45, 7) is 0. The quantitative estimate of drug-likeness (QED) is 0.170. The molecular weight excluding hydrogens is 685 g/mol. The van der Waals surface area contributed by atoms with Gasteiger partial charge in [-0.3, -0.25) is 9.59 Å². The molecule has 0 aliphatic rings. The summed E-state index contributed by atoms with van der Waals surface area (Å²) in [5.41, 5.74) is 8.65. The zero-order valence-corrected chi connectivity index (χ0v) is 30.2. The molecule has 0 fully saturated rings. The number of fused-ring (bicyclic) bond motifs is 6. The summed E-state index contributed by atoms with van der Waals surface area (Å²) in [6.07, 6.45) is 0. The molecule has 56 heavy (non-hydrogen) atoms. The van der Waals surface area contributed by atoms with Crippen molar-refractivity contribution in [3.05, 3.63) is 215 Å². The highest BCUT2D eigenvalue weighted by Gasteiger charge is 2.20. The molecule has 0 unspecified atom stereocenters. The Balaban J connectivity index is 1.26. The summed E-state index contributed by atoms with van der Waals surface area (Å²) in [6, 6.07) is 65.6. The van der Waals surface area contributed by atoms with E-state index >= 15 is 0 Å². The number of nitrogens with zero attached hydrogens (tertiary/aromatic N) is 2. The monoisotopic (exact) mass is 716 g/mol. The number of aromatic nitrogens is 2. The molecule has 0 aliphatic carbocycles. The van der Waals surface area contributed by atoms with Gasteiger partial charge < -0.3 is 9.13 Å². The molecule has 4 nitrogen and oxygen atoms in total. The minimum atomic E-state index is -0.0790. The smallest absolute Gasteiger partial charge is 0.197 e. The molecule has 0 spiro atoms. The van der Waals surface area contributed by atoms with Gasteiger partial charge in [-0.05, 0) is 104 Å². The van der Waals surface area contributed by atoms with E-state index in [1.807, 2.05) is 121 Å². The van der Waals surface area contributed by atoms with Gasteiger partial charge in [0.2, 0.25) is 0 Å². The molecule has 0 bridgehead atoms. The fraction of sp³-hybridized carbons (Fsp3) is 0. The lowest BCUT2D eigenvalue weighted by molar-refractivity contribution is 1.15. The lowest BCUT2D eigenvalue weighted by Gasteiger charge is -2.20. The molecular formula is C52H32N2O2. The summed E-state index contributed by atoms with van der Waals surface area (Å²) in [7, 11) is 0. The lowest BCUT2D eigenvalue weighted by Crippen LogP contribution is -2.14. The molecule has 0 atom stereocenters. The number of pyridine rings is 2. The van der Waals surface area contributed by atoms with E-state index in [4.69, 9.17) is 0 Å². The van der Waals surface area contributed by atoms with Gasteiger partial charge >= 0.3 is 0 Å². The van der Waals surface area contributed by atoms with E-state index in [0.717, 1.165) is 66.2 Å². The first-order valence-electron chi connectivity index (χ1n) is 18.8. The van der Waals surface area contributed by atoms with Gasteiger partial charge in [-0.2, -0.15) is 0 Å². The molecule has 4 heteroatoms. The van der Waals surface area contributed by atoms with E-state index < -0.39 is 0 Å². The van der Waals surface area contributed by atoms with Crippen molar-refractivity contribution in [1.29, 1.82) is 0 Å². The largest absolute Gasteiger partial charge is 0.309 e. The maximum Gasteiger partial charge on any atom is 0.197 e. The predicted molar refractivity (Wildman–Crippen MR) is 234 cm³/mol. The van der Waals surface area contributed by atoms with Crippen LogP contribution in [0.15, 0.2) is 204 Å². The van der Waals surface area contributed by atoms with Crippen LogP contribution < -0.4 is 10.9 Å². The topological polar surface area (TPSA) is 44.0 Å². The van der Waals surface area contributed by atoms with Gasteiger partial charge in [0.15, 0.2) is 10.9 Å². The van der Waals surface area contributed by atoms with Crippen LogP contribution in [0.3, 0.4) is 0 Å². The Morgan fingerprint density at radius 1 is 0.286 bits per heavy atom. The van der Waals surface area contributed by atoms with Crippen LogP contribution in [-0.2, 0) is 0 Å². The van der Waals surface area contributed by atoms with Gasteiger partial charge in [0, 0.05) is 32.9 Å². The van der Waals surface area contributed by atoms with E-state index in [2.05, 4.69) is 81.9 Å². The van der Waals surface area contributed by atoms with E-state index in [1.165, 1.54) is 0 Å². The van der Waals surface area contributed by atoms with Gasteiger partial charge in [-0.15, -0.1) is 0 Å². The van der Waals surface area contributed by atoms with Crippen molar-refractivity contribution in [1.82, 2.24) is 9.13 Å². The second kappa shape index (κ2) is 12.5. The Morgan fingerprint density at radius 3 is 1.11 bits per heavy atom. The van der Waals surface area contributed by atoms with Crippen LogP contribution in [0.2, 0.25) is 0 Å². The van der Waals surface area contributed by atoms with Crippen LogP contribution >= 0.6 is 0 Å². The first-order chi connectivity index (χ1) is 27.6. The van der Waals surface area contributed by atoms with Gasteiger partial charge in [-0.1, -0.05) is 133 Å².